The van der Waals surface area contributed by atoms with Gasteiger partial charge in [0.05, 0.1) is 6.61 Å². The van der Waals surface area contributed by atoms with Gasteiger partial charge in [-0.25, -0.2) is 4.98 Å². The first-order valence-corrected chi connectivity index (χ1v) is 11.2. The Morgan fingerprint density at radius 2 is 2.14 bits per heavy atom. The van der Waals surface area contributed by atoms with Crippen LogP contribution in [0, 0.1) is 3.57 Å². The van der Waals surface area contributed by atoms with Gasteiger partial charge in [0.2, 0.25) is 5.28 Å². The molecule has 0 amide bonds. The largest absolute Gasteiger partial charge is 0.493 e. The smallest absolute Gasteiger partial charge is 0.226 e. The van der Waals surface area contributed by atoms with Crippen LogP contribution in [0.4, 0.5) is 5.82 Å². The number of aryl methyl sites for hydroxylation is 1. The average molecular weight is 527 g/mol. The topological polar surface area (TPSA) is 90.9 Å². The first-order chi connectivity index (χ1) is 13.9. The third-order valence-corrected chi connectivity index (χ3v) is 6.16. The highest BCUT2D eigenvalue weighted by Gasteiger charge is 2.20. The van der Waals surface area contributed by atoms with E-state index in [0.29, 0.717) is 29.4 Å². The molecule has 1 aliphatic rings. The Hall–Kier alpha value is -1.65. The monoisotopic (exact) mass is 526 g/mol. The molecule has 1 aliphatic heterocycles. The van der Waals surface area contributed by atoms with E-state index in [1.165, 1.54) is 14.7 Å². The maximum atomic E-state index is 6.09. The molecule has 29 heavy (non-hydrogen) atoms. The molecule has 0 bridgehead atoms. The molecule has 7 nitrogen and oxygen atoms in total. The van der Waals surface area contributed by atoms with Crippen LogP contribution >= 0.6 is 34.2 Å². The SMILES string of the molecule is CC(C)NCCCn1c(Cc2cc3c(cc2I)CCO3)nc2c(N)nc(Cl)nc21. The Bertz CT molecular complexity index is 1050. The van der Waals surface area contributed by atoms with Gasteiger partial charge in [0.15, 0.2) is 17.0 Å². The standard InChI is InChI=1S/C20H24ClIN6O/c1-11(2)24-5-3-6-28-16(25-17-18(23)26-20(21)27-19(17)28)10-13-9-15-12(4-7-29-15)8-14(13)22/h8-9,11,24H,3-7,10H2,1-2H3,(H2,23,26,27). The van der Waals surface area contributed by atoms with Gasteiger partial charge in [0.25, 0.3) is 0 Å². The van der Waals surface area contributed by atoms with Crippen LogP contribution in [-0.4, -0.2) is 38.7 Å². The van der Waals surface area contributed by atoms with E-state index in [4.69, 9.17) is 27.1 Å². The fraction of sp³-hybridized carbons (Fsp3) is 0.450. The quantitative estimate of drug-likeness (QED) is 0.278. The highest BCUT2D eigenvalue weighted by atomic mass is 127. The van der Waals surface area contributed by atoms with Crippen LogP contribution in [0.3, 0.4) is 0 Å². The minimum atomic E-state index is 0.142. The lowest BCUT2D eigenvalue weighted by Gasteiger charge is -2.12. The highest BCUT2D eigenvalue weighted by Crippen LogP contribution is 2.31. The number of nitrogens with one attached hydrogen (secondary N) is 1. The Labute approximate surface area is 188 Å². The molecule has 0 saturated heterocycles. The summed E-state index contributed by atoms with van der Waals surface area (Å²) >= 11 is 8.47. The number of aromatic nitrogens is 4. The first kappa shape index (κ1) is 20.6. The van der Waals surface area contributed by atoms with Crippen molar-refractivity contribution in [1.29, 1.82) is 0 Å². The lowest BCUT2D eigenvalue weighted by atomic mass is 10.1. The van der Waals surface area contributed by atoms with Crippen molar-refractivity contribution in [3.8, 4) is 5.75 Å². The maximum Gasteiger partial charge on any atom is 0.226 e. The second kappa shape index (κ2) is 8.61. The molecule has 1 aromatic carbocycles. The summed E-state index contributed by atoms with van der Waals surface area (Å²) in [5.41, 5.74) is 9.83. The van der Waals surface area contributed by atoms with Crippen LogP contribution in [0.25, 0.3) is 11.2 Å². The minimum absolute atomic E-state index is 0.142. The van der Waals surface area contributed by atoms with Crippen LogP contribution in [-0.2, 0) is 19.4 Å². The van der Waals surface area contributed by atoms with Crippen LogP contribution in [0.5, 0.6) is 5.75 Å². The number of halogens is 2. The fourth-order valence-electron chi connectivity index (χ4n) is 3.58. The predicted molar refractivity (Wildman–Crippen MR) is 124 cm³/mol. The van der Waals surface area contributed by atoms with E-state index >= 15 is 0 Å². The van der Waals surface area contributed by atoms with E-state index < -0.39 is 0 Å². The molecule has 4 rings (SSSR count). The van der Waals surface area contributed by atoms with Crippen molar-refractivity contribution in [2.24, 2.45) is 0 Å². The number of nitrogens with two attached hydrogens (primary N) is 1. The van der Waals surface area contributed by atoms with Crippen molar-refractivity contribution in [2.45, 2.75) is 45.7 Å². The summed E-state index contributed by atoms with van der Waals surface area (Å²) in [4.78, 5) is 13.3. The molecule has 3 N–H and O–H groups in total. The molecule has 0 aliphatic carbocycles. The second-order valence-electron chi connectivity index (χ2n) is 7.52. The molecule has 154 valence electrons. The molecule has 3 aromatic rings. The average Bonchev–Trinajstić information content (AvgIpc) is 3.23. The van der Waals surface area contributed by atoms with Gasteiger partial charge in [0, 0.05) is 29.0 Å². The zero-order valence-electron chi connectivity index (χ0n) is 16.5. The van der Waals surface area contributed by atoms with Gasteiger partial charge in [-0.3, -0.25) is 0 Å². The number of nitrogens with zero attached hydrogens (tertiary/aromatic N) is 4. The zero-order chi connectivity index (χ0) is 20.5. The van der Waals surface area contributed by atoms with Gasteiger partial charge in [-0.15, -0.1) is 0 Å². The van der Waals surface area contributed by atoms with E-state index in [1.54, 1.807) is 0 Å². The van der Waals surface area contributed by atoms with Gasteiger partial charge in [-0.05, 0) is 70.4 Å². The Balaban J connectivity index is 1.69. The molecule has 0 atom stereocenters. The molecule has 9 heteroatoms. The molecule has 2 aromatic heterocycles. The lowest BCUT2D eigenvalue weighted by Crippen LogP contribution is -2.24. The van der Waals surface area contributed by atoms with E-state index in [2.05, 4.69) is 68.4 Å². The maximum absolute atomic E-state index is 6.09. The number of anilines is 1. The highest BCUT2D eigenvalue weighted by molar-refractivity contribution is 14.1. The third-order valence-electron chi connectivity index (χ3n) is 4.99. The number of hydrogen-bond donors (Lipinski definition) is 2. The summed E-state index contributed by atoms with van der Waals surface area (Å²) in [5, 5.41) is 3.59. The first-order valence-electron chi connectivity index (χ1n) is 9.78. The fourth-order valence-corrected chi connectivity index (χ4v) is 4.47. The van der Waals surface area contributed by atoms with Gasteiger partial charge in [0.1, 0.15) is 11.6 Å². The van der Waals surface area contributed by atoms with E-state index in [0.717, 1.165) is 44.1 Å². The molecule has 0 fully saturated rings. The van der Waals surface area contributed by atoms with E-state index in [9.17, 15) is 0 Å². The number of fused-ring (bicyclic) bond motifs is 2. The normalized spacial score (nSPS) is 13.3. The summed E-state index contributed by atoms with van der Waals surface area (Å²) in [6, 6.07) is 4.80. The van der Waals surface area contributed by atoms with Crippen molar-refractivity contribution in [3.63, 3.8) is 0 Å². The van der Waals surface area contributed by atoms with Crippen LogP contribution in [0.15, 0.2) is 12.1 Å². The zero-order valence-corrected chi connectivity index (χ0v) is 19.4. The summed E-state index contributed by atoms with van der Waals surface area (Å²) in [6.07, 6.45) is 2.58. The van der Waals surface area contributed by atoms with Crippen molar-refractivity contribution in [1.82, 2.24) is 24.8 Å². The molecule has 0 radical (unpaired) electrons. The Morgan fingerprint density at radius 3 is 2.93 bits per heavy atom. The van der Waals surface area contributed by atoms with Crippen LogP contribution in [0.2, 0.25) is 5.28 Å². The molecular formula is C20H24ClIN6O. The van der Waals surface area contributed by atoms with Gasteiger partial charge >= 0.3 is 0 Å². The third kappa shape index (κ3) is 4.44. The van der Waals surface area contributed by atoms with E-state index in [-0.39, 0.29) is 5.28 Å². The number of nitrogen functional groups attached to an aromatic ring is 1. The number of imidazole rings is 1. The molecular weight excluding hydrogens is 503 g/mol. The summed E-state index contributed by atoms with van der Waals surface area (Å²) in [6.45, 7) is 6.72. The lowest BCUT2D eigenvalue weighted by molar-refractivity contribution is 0.356. The van der Waals surface area contributed by atoms with Crippen molar-refractivity contribution >= 4 is 51.2 Å². The molecule has 3 heterocycles. The number of ether oxygens (including phenoxy) is 1. The summed E-state index contributed by atoms with van der Waals surface area (Å²) < 4.78 is 9.09. The molecule has 0 unspecified atom stereocenters. The van der Waals surface area contributed by atoms with Gasteiger partial charge in [-0.1, -0.05) is 13.8 Å². The summed E-state index contributed by atoms with van der Waals surface area (Å²) in [7, 11) is 0. The Kier molecular flexibility index (Phi) is 6.12. The van der Waals surface area contributed by atoms with Crippen molar-refractivity contribution in [3.05, 3.63) is 37.9 Å². The predicted octanol–water partition coefficient (Wildman–Crippen LogP) is 3.58. The van der Waals surface area contributed by atoms with Crippen LogP contribution < -0.4 is 15.8 Å². The van der Waals surface area contributed by atoms with Crippen molar-refractivity contribution in [2.75, 3.05) is 18.9 Å². The molecule has 0 saturated carbocycles. The van der Waals surface area contributed by atoms with Gasteiger partial charge < -0.3 is 20.4 Å². The summed E-state index contributed by atoms with van der Waals surface area (Å²) in [5.74, 6) is 2.20. The number of hydrogen-bond acceptors (Lipinski definition) is 6. The second-order valence-corrected chi connectivity index (χ2v) is 9.02. The minimum Gasteiger partial charge on any atom is -0.493 e. The van der Waals surface area contributed by atoms with Gasteiger partial charge in [-0.2, -0.15) is 9.97 Å². The molecule has 0 spiro atoms. The van der Waals surface area contributed by atoms with E-state index in [1.807, 2.05) is 0 Å². The Morgan fingerprint density at radius 1 is 1.31 bits per heavy atom. The van der Waals surface area contributed by atoms with Crippen molar-refractivity contribution < 1.29 is 4.74 Å². The van der Waals surface area contributed by atoms with Crippen LogP contribution in [0.1, 0.15) is 37.2 Å². The number of benzene rings is 1. The number of rotatable bonds is 7.